The zero-order chi connectivity index (χ0) is 16.5. The first-order valence-corrected chi connectivity index (χ1v) is 8.66. The lowest BCUT2D eigenvalue weighted by molar-refractivity contribution is 0.0295. The smallest absolute Gasteiger partial charge is 0.410 e. The summed E-state index contributed by atoms with van der Waals surface area (Å²) in [4.78, 5) is 13.4. The van der Waals surface area contributed by atoms with Crippen LogP contribution in [0, 0.1) is 6.92 Å². The minimum Gasteiger partial charge on any atom is -0.444 e. The zero-order valence-electron chi connectivity index (χ0n) is 13.2. The first kappa shape index (κ1) is 16.7. The number of hydrogen-bond acceptors (Lipinski definition) is 6. The molecular formula is C14H21N3O4S. The van der Waals surface area contributed by atoms with Gasteiger partial charge in [0.25, 0.3) is 0 Å². The third kappa shape index (κ3) is 3.73. The Morgan fingerprint density at radius 1 is 1.32 bits per heavy atom. The lowest BCUT2D eigenvalue weighted by atomic mass is 10.2. The monoisotopic (exact) mass is 327 g/mol. The highest BCUT2D eigenvalue weighted by Crippen LogP contribution is 2.24. The Bertz CT molecular complexity index is 650. The Hall–Kier alpha value is -1.70. The van der Waals surface area contributed by atoms with Crippen LogP contribution in [0.25, 0.3) is 0 Å². The summed E-state index contributed by atoms with van der Waals surface area (Å²) < 4.78 is 30.3. The van der Waals surface area contributed by atoms with Crippen LogP contribution in [0.2, 0.25) is 0 Å². The summed E-state index contributed by atoms with van der Waals surface area (Å²) in [6, 6.07) is 3.06. The van der Waals surface area contributed by atoms with E-state index in [4.69, 9.17) is 4.74 Å². The number of rotatable bonds is 2. The molecule has 1 fully saturated rings. The molecule has 1 aliphatic rings. The number of likely N-dealkylation sites (tertiary alicyclic amines) is 1. The third-order valence-electron chi connectivity index (χ3n) is 3.30. The zero-order valence-corrected chi connectivity index (χ0v) is 14.1. The van der Waals surface area contributed by atoms with Gasteiger partial charge in [0.1, 0.15) is 5.60 Å². The van der Waals surface area contributed by atoms with E-state index >= 15 is 0 Å². The van der Waals surface area contributed by atoms with Crippen molar-refractivity contribution in [3.05, 3.63) is 17.8 Å². The highest BCUT2D eigenvalue weighted by molar-refractivity contribution is 7.92. The fraction of sp³-hybridized carbons (Fsp3) is 0.643. The topological polar surface area (TPSA) is 89.5 Å². The highest BCUT2D eigenvalue weighted by atomic mass is 32.2. The molecule has 0 saturated carbocycles. The normalized spacial score (nSPS) is 19.3. The van der Waals surface area contributed by atoms with E-state index < -0.39 is 26.8 Å². The Labute approximate surface area is 130 Å². The van der Waals surface area contributed by atoms with Gasteiger partial charge in [-0.3, -0.25) is 0 Å². The molecule has 1 amide bonds. The average molecular weight is 327 g/mol. The molecule has 0 radical (unpaired) electrons. The van der Waals surface area contributed by atoms with Gasteiger partial charge in [-0.25, -0.2) is 13.2 Å². The second-order valence-electron chi connectivity index (χ2n) is 6.40. The molecule has 0 aromatic carbocycles. The van der Waals surface area contributed by atoms with Crippen molar-refractivity contribution in [1.29, 1.82) is 0 Å². The lowest BCUT2D eigenvalue weighted by Crippen LogP contribution is -2.36. The van der Waals surface area contributed by atoms with Gasteiger partial charge < -0.3 is 9.64 Å². The molecule has 1 aliphatic heterocycles. The lowest BCUT2D eigenvalue weighted by Gasteiger charge is -2.24. The molecule has 1 unspecified atom stereocenters. The van der Waals surface area contributed by atoms with Gasteiger partial charge >= 0.3 is 6.09 Å². The number of carbonyl (C=O) groups excluding carboxylic acids is 1. The van der Waals surface area contributed by atoms with Crippen molar-refractivity contribution in [2.75, 3.05) is 13.1 Å². The van der Waals surface area contributed by atoms with Crippen molar-refractivity contribution >= 4 is 15.9 Å². The number of aromatic nitrogens is 2. The second kappa shape index (κ2) is 5.83. The largest absolute Gasteiger partial charge is 0.444 e. The van der Waals surface area contributed by atoms with Crippen molar-refractivity contribution in [2.24, 2.45) is 0 Å². The number of aryl methyl sites for hydroxylation is 1. The SMILES string of the molecule is Cc1ccc(S(=O)(=O)C2CCN(C(=O)OC(C)(C)C)C2)nn1. The van der Waals surface area contributed by atoms with Gasteiger partial charge in [-0.1, -0.05) is 0 Å². The molecule has 2 rings (SSSR count). The Balaban J connectivity index is 2.09. The molecule has 1 saturated heterocycles. The van der Waals surface area contributed by atoms with E-state index in [2.05, 4.69) is 10.2 Å². The summed E-state index contributed by atoms with van der Waals surface area (Å²) in [5, 5.41) is 6.82. The summed E-state index contributed by atoms with van der Waals surface area (Å²) in [6.07, 6.45) is -0.114. The molecule has 0 spiro atoms. The van der Waals surface area contributed by atoms with Gasteiger partial charge in [-0.15, -0.1) is 5.10 Å². The molecule has 122 valence electrons. The maximum Gasteiger partial charge on any atom is 0.410 e. The van der Waals surface area contributed by atoms with Gasteiger partial charge in [0, 0.05) is 13.1 Å². The van der Waals surface area contributed by atoms with Crippen molar-refractivity contribution in [1.82, 2.24) is 15.1 Å². The molecule has 1 aromatic heterocycles. The summed E-state index contributed by atoms with van der Waals surface area (Å²) in [6.45, 7) is 7.54. The fourth-order valence-corrected chi connectivity index (χ4v) is 3.73. The van der Waals surface area contributed by atoms with Crippen LogP contribution < -0.4 is 0 Å². The first-order valence-electron chi connectivity index (χ1n) is 7.12. The predicted octanol–water partition coefficient (Wildman–Crippen LogP) is 1.57. The van der Waals surface area contributed by atoms with Crippen LogP contribution in [0.3, 0.4) is 0 Å². The van der Waals surface area contributed by atoms with Crippen molar-refractivity contribution < 1.29 is 17.9 Å². The average Bonchev–Trinajstić information content (AvgIpc) is 2.87. The molecular weight excluding hydrogens is 306 g/mol. The standard InChI is InChI=1S/C14H21N3O4S/c1-10-5-6-12(16-15-10)22(19,20)11-7-8-17(9-11)13(18)21-14(2,3)4/h5-6,11H,7-9H2,1-4H3. The molecule has 1 aromatic rings. The molecule has 22 heavy (non-hydrogen) atoms. The Morgan fingerprint density at radius 3 is 2.55 bits per heavy atom. The van der Waals surface area contributed by atoms with Gasteiger partial charge in [0.2, 0.25) is 9.84 Å². The number of sulfone groups is 1. The summed E-state index contributed by atoms with van der Waals surface area (Å²) in [5.41, 5.74) is 0.0528. The van der Waals surface area contributed by atoms with Crippen molar-refractivity contribution in [3.8, 4) is 0 Å². The van der Waals surface area contributed by atoms with E-state index in [-0.39, 0.29) is 11.6 Å². The van der Waals surface area contributed by atoms with Crippen LogP contribution in [0.5, 0.6) is 0 Å². The molecule has 1 atom stereocenters. The van der Waals surface area contributed by atoms with Crippen LogP contribution in [-0.4, -0.2) is 53.5 Å². The quantitative estimate of drug-likeness (QED) is 0.819. The van der Waals surface area contributed by atoms with Crippen molar-refractivity contribution in [2.45, 2.75) is 50.0 Å². The minimum atomic E-state index is -3.59. The Kier molecular flexibility index (Phi) is 4.42. The van der Waals surface area contributed by atoms with E-state index in [0.717, 1.165) is 0 Å². The first-order chi connectivity index (χ1) is 10.1. The number of nitrogens with zero attached hydrogens (tertiary/aromatic N) is 3. The maximum atomic E-state index is 12.5. The highest BCUT2D eigenvalue weighted by Gasteiger charge is 2.38. The van der Waals surface area contributed by atoms with Crippen LogP contribution in [0.15, 0.2) is 17.2 Å². The summed E-state index contributed by atoms with van der Waals surface area (Å²) in [7, 11) is -3.59. The molecule has 0 N–H and O–H groups in total. The number of hydrogen-bond donors (Lipinski definition) is 0. The van der Waals surface area contributed by atoms with Crippen LogP contribution in [-0.2, 0) is 14.6 Å². The third-order valence-corrected chi connectivity index (χ3v) is 5.36. The molecule has 2 heterocycles. The van der Waals surface area contributed by atoms with Gasteiger partial charge in [-0.05, 0) is 46.2 Å². The van der Waals surface area contributed by atoms with Gasteiger partial charge in [0.05, 0.1) is 10.9 Å². The molecule has 0 bridgehead atoms. The molecule has 8 heteroatoms. The second-order valence-corrected chi connectivity index (χ2v) is 8.57. The summed E-state index contributed by atoms with van der Waals surface area (Å²) >= 11 is 0. The van der Waals surface area contributed by atoms with E-state index in [1.807, 2.05) is 0 Å². The minimum absolute atomic E-state index is 0.0471. The number of ether oxygens (including phenoxy) is 1. The number of amides is 1. The maximum absolute atomic E-state index is 12.5. The van der Waals surface area contributed by atoms with E-state index in [1.165, 1.54) is 11.0 Å². The van der Waals surface area contributed by atoms with E-state index in [9.17, 15) is 13.2 Å². The molecule has 0 aliphatic carbocycles. The van der Waals surface area contributed by atoms with Gasteiger partial charge in [-0.2, -0.15) is 5.10 Å². The van der Waals surface area contributed by atoms with Crippen LogP contribution in [0.4, 0.5) is 4.79 Å². The molecule has 7 nitrogen and oxygen atoms in total. The van der Waals surface area contributed by atoms with Crippen molar-refractivity contribution in [3.63, 3.8) is 0 Å². The number of carbonyl (C=O) groups is 1. The van der Waals surface area contributed by atoms with Crippen LogP contribution >= 0.6 is 0 Å². The van der Waals surface area contributed by atoms with Crippen LogP contribution in [0.1, 0.15) is 32.9 Å². The Morgan fingerprint density at radius 2 is 2.00 bits per heavy atom. The predicted molar refractivity (Wildman–Crippen MR) is 80.2 cm³/mol. The van der Waals surface area contributed by atoms with Gasteiger partial charge in [0.15, 0.2) is 5.03 Å². The fourth-order valence-electron chi connectivity index (χ4n) is 2.18. The summed E-state index contributed by atoms with van der Waals surface area (Å²) in [5.74, 6) is 0. The van der Waals surface area contributed by atoms with E-state index in [0.29, 0.717) is 18.7 Å². The van der Waals surface area contributed by atoms with E-state index in [1.54, 1.807) is 33.8 Å².